The normalized spacial score (nSPS) is 23.3. The minimum Gasteiger partial charge on any atom is -0.391 e. The highest BCUT2D eigenvalue weighted by Gasteiger charge is 2.36. The molecule has 3 unspecified atom stereocenters. The van der Waals surface area contributed by atoms with Gasteiger partial charge in [-0.3, -0.25) is 9.36 Å². The lowest BCUT2D eigenvalue weighted by Gasteiger charge is -2.38. The summed E-state index contributed by atoms with van der Waals surface area (Å²) >= 11 is 0. The van der Waals surface area contributed by atoms with E-state index in [0.717, 1.165) is 32.1 Å². The molecule has 0 aliphatic heterocycles. The maximum absolute atomic E-state index is 11.7. The number of hydrogen-bond donors (Lipinski definition) is 4. The molecule has 1 aliphatic rings. The summed E-state index contributed by atoms with van der Waals surface area (Å²) in [6.45, 7) is 3.02. The van der Waals surface area contributed by atoms with E-state index in [-0.39, 0.29) is 6.54 Å². The van der Waals surface area contributed by atoms with E-state index in [1.165, 1.54) is 6.92 Å². The van der Waals surface area contributed by atoms with E-state index >= 15 is 0 Å². The molecule has 22 heavy (non-hydrogen) atoms. The van der Waals surface area contributed by atoms with Crippen LogP contribution in [0.3, 0.4) is 0 Å². The molecule has 0 aromatic heterocycles. The van der Waals surface area contributed by atoms with Crippen molar-refractivity contribution in [2.75, 3.05) is 13.2 Å². The predicted molar refractivity (Wildman–Crippen MR) is 85.1 cm³/mol. The highest BCUT2D eigenvalue weighted by molar-refractivity contribution is 7.38. The largest absolute Gasteiger partial charge is 0.391 e. The standard InChI is InChI=1S/C14H29N2O5P/c1-10(17)12(15)13(19)16-9-11(18)8-14(21-22(2)20)6-4-3-5-7-14/h10-12,17-18,22H,3-9,15H2,1-2H3,(H,16,19)/t10?,11-,12?/m1/s1. The van der Waals surface area contributed by atoms with Crippen LogP contribution in [-0.4, -0.2) is 53.2 Å². The van der Waals surface area contributed by atoms with Crippen molar-refractivity contribution >= 4 is 13.9 Å². The van der Waals surface area contributed by atoms with Crippen molar-refractivity contribution in [3.8, 4) is 0 Å². The summed E-state index contributed by atoms with van der Waals surface area (Å²) < 4.78 is 17.1. The van der Waals surface area contributed by atoms with Gasteiger partial charge in [0, 0.05) is 19.6 Å². The Hall–Kier alpha value is -0.460. The summed E-state index contributed by atoms with van der Waals surface area (Å²) in [7, 11) is -2.09. The fraction of sp³-hybridized carbons (Fsp3) is 0.929. The molecule has 0 bridgehead atoms. The van der Waals surface area contributed by atoms with E-state index in [1.807, 2.05) is 0 Å². The zero-order valence-electron chi connectivity index (χ0n) is 13.4. The van der Waals surface area contributed by atoms with Gasteiger partial charge in [-0.2, -0.15) is 0 Å². The number of aliphatic hydroxyl groups is 2. The Labute approximate surface area is 132 Å². The number of amides is 1. The van der Waals surface area contributed by atoms with Crippen LogP contribution in [0.4, 0.5) is 0 Å². The number of aliphatic hydroxyl groups excluding tert-OH is 2. The van der Waals surface area contributed by atoms with Crippen LogP contribution >= 0.6 is 8.03 Å². The monoisotopic (exact) mass is 336 g/mol. The zero-order valence-corrected chi connectivity index (χ0v) is 14.4. The fourth-order valence-electron chi connectivity index (χ4n) is 2.91. The first kappa shape index (κ1) is 19.6. The van der Waals surface area contributed by atoms with Crippen molar-refractivity contribution in [1.29, 1.82) is 0 Å². The van der Waals surface area contributed by atoms with E-state index in [1.54, 1.807) is 6.66 Å². The summed E-state index contributed by atoms with van der Waals surface area (Å²) in [5.74, 6) is -0.503. The Morgan fingerprint density at radius 2 is 1.95 bits per heavy atom. The molecule has 130 valence electrons. The summed E-state index contributed by atoms with van der Waals surface area (Å²) in [5, 5.41) is 21.9. The van der Waals surface area contributed by atoms with E-state index < -0.39 is 37.8 Å². The SMILES string of the molecule is CC(O)C(N)C(=O)NC[C@H](O)CC1(O[PH](C)=O)CCCCC1. The van der Waals surface area contributed by atoms with Crippen LogP contribution in [0.25, 0.3) is 0 Å². The first-order valence-corrected chi connectivity index (χ1v) is 9.66. The predicted octanol–water partition coefficient (Wildman–Crippen LogP) is 0.386. The number of rotatable bonds is 8. The number of carbonyl (C=O) groups excluding carboxylic acids is 1. The van der Waals surface area contributed by atoms with Gasteiger partial charge in [0.05, 0.1) is 17.8 Å². The molecule has 0 aromatic rings. The molecular weight excluding hydrogens is 307 g/mol. The third-order valence-corrected chi connectivity index (χ3v) is 4.79. The van der Waals surface area contributed by atoms with E-state index in [2.05, 4.69) is 5.32 Å². The van der Waals surface area contributed by atoms with Gasteiger partial charge in [0.15, 0.2) is 8.03 Å². The second kappa shape index (κ2) is 8.99. The maximum Gasteiger partial charge on any atom is 0.239 e. The van der Waals surface area contributed by atoms with E-state index in [0.29, 0.717) is 6.42 Å². The molecule has 1 rings (SSSR count). The molecule has 1 aliphatic carbocycles. The topological polar surface area (TPSA) is 122 Å². The Morgan fingerprint density at radius 1 is 1.36 bits per heavy atom. The number of carbonyl (C=O) groups is 1. The van der Waals surface area contributed by atoms with Crippen LogP contribution in [0.2, 0.25) is 0 Å². The van der Waals surface area contributed by atoms with Crippen molar-refractivity contribution in [2.45, 2.75) is 69.3 Å². The molecule has 0 saturated heterocycles. The number of nitrogens with two attached hydrogens (primary N) is 1. The third-order valence-electron chi connectivity index (χ3n) is 4.07. The fourth-order valence-corrected chi connectivity index (χ4v) is 3.80. The van der Waals surface area contributed by atoms with Crippen LogP contribution in [0, 0.1) is 0 Å². The summed E-state index contributed by atoms with van der Waals surface area (Å²) in [5.41, 5.74) is 4.96. The molecule has 0 radical (unpaired) electrons. The van der Waals surface area contributed by atoms with Crippen molar-refractivity contribution in [1.82, 2.24) is 5.32 Å². The molecule has 0 heterocycles. The van der Waals surface area contributed by atoms with Gasteiger partial charge < -0.3 is 25.8 Å². The maximum atomic E-state index is 11.7. The second-order valence-electron chi connectivity index (χ2n) is 6.21. The quantitative estimate of drug-likeness (QED) is 0.476. The Balaban J connectivity index is 2.51. The van der Waals surface area contributed by atoms with Gasteiger partial charge >= 0.3 is 0 Å². The highest BCUT2D eigenvalue weighted by atomic mass is 31.1. The average molecular weight is 336 g/mol. The first-order chi connectivity index (χ1) is 10.3. The number of nitrogens with one attached hydrogen (secondary N) is 1. The van der Waals surface area contributed by atoms with Crippen LogP contribution < -0.4 is 11.1 Å². The molecule has 1 amide bonds. The van der Waals surface area contributed by atoms with Gasteiger partial charge in [0.1, 0.15) is 6.04 Å². The molecule has 0 spiro atoms. The van der Waals surface area contributed by atoms with Gasteiger partial charge in [-0.15, -0.1) is 0 Å². The van der Waals surface area contributed by atoms with Gasteiger partial charge in [-0.1, -0.05) is 19.3 Å². The second-order valence-corrected chi connectivity index (χ2v) is 7.39. The smallest absolute Gasteiger partial charge is 0.239 e. The van der Waals surface area contributed by atoms with E-state index in [9.17, 15) is 19.6 Å². The minimum atomic E-state index is -2.09. The number of hydrogen-bond acceptors (Lipinski definition) is 6. The lowest BCUT2D eigenvalue weighted by Crippen LogP contribution is -2.49. The van der Waals surface area contributed by atoms with Crippen molar-refractivity contribution < 1.29 is 24.1 Å². The van der Waals surface area contributed by atoms with Crippen molar-refractivity contribution in [3.05, 3.63) is 0 Å². The summed E-state index contributed by atoms with van der Waals surface area (Å²) in [4.78, 5) is 11.7. The lowest BCUT2D eigenvalue weighted by atomic mass is 9.81. The molecule has 1 saturated carbocycles. The highest BCUT2D eigenvalue weighted by Crippen LogP contribution is 2.41. The van der Waals surface area contributed by atoms with Crippen molar-refractivity contribution in [3.63, 3.8) is 0 Å². The van der Waals surface area contributed by atoms with Gasteiger partial charge in [0.25, 0.3) is 0 Å². The Morgan fingerprint density at radius 3 is 2.45 bits per heavy atom. The Bertz CT molecular complexity index is 385. The molecule has 8 heteroatoms. The van der Waals surface area contributed by atoms with Crippen LogP contribution in [0.1, 0.15) is 45.4 Å². The zero-order chi connectivity index (χ0) is 16.8. The Kier molecular flexibility index (Phi) is 8.00. The van der Waals surface area contributed by atoms with Crippen molar-refractivity contribution in [2.24, 2.45) is 5.73 Å². The molecule has 0 aromatic carbocycles. The van der Waals surface area contributed by atoms with Gasteiger partial charge in [-0.05, 0) is 19.8 Å². The summed E-state index contributed by atoms with van der Waals surface area (Å²) in [6, 6.07) is -1.01. The lowest BCUT2D eigenvalue weighted by molar-refractivity contribution is -0.125. The molecular formula is C14H29N2O5P. The summed E-state index contributed by atoms with van der Waals surface area (Å²) in [6.07, 6.45) is 3.22. The van der Waals surface area contributed by atoms with E-state index in [4.69, 9.17) is 10.3 Å². The van der Waals surface area contributed by atoms with Crippen LogP contribution in [0.15, 0.2) is 0 Å². The minimum absolute atomic E-state index is 0.0367. The molecule has 7 nitrogen and oxygen atoms in total. The molecule has 4 atom stereocenters. The van der Waals surface area contributed by atoms with Gasteiger partial charge in [0.2, 0.25) is 5.91 Å². The molecule has 5 N–H and O–H groups in total. The van der Waals surface area contributed by atoms with Crippen LogP contribution in [0.5, 0.6) is 0 Å². The third kappa shape index (κ3) is 6.34. The van der Waals surface area contributed by atoms with Crippen LogP contribution in [-0.2, 0) is 13.9 Å². The first-order valence-electron chi connectivity index (χ1n) is 7.85. The van der Waals surface area contributed by atoms with Gasteiger partial charge in [-0.25, -0.2) is 0 Å². The molecule has 1 fully saturated rings. The average Bonchev–Trinajstić information content (AvgIpc) is 2.43.